The van der Waals surface area contributed by atoms with E-state index in [0.717, 1.165) is 20.9 Å². The van der Waals surface area contributed by atoms with Crippen molar-refractivity contribution in [2.45, 2.75) is 30.5 Å². The number of benzene rings is 1. The van der Waals surface area contributed by atoms with E-state index in [0.29, 0.717) is 12.8 Å². The van der Waals surface area contributed by atoms with Gasteiger partial charge in [0.2, 0.25) is 0 Å². The molecule has 0 N–H and O–H groups in total. The number of carbonyl (C=O) groups excluding carboxylic acids is 1. The summed E-state index contributed by atoms with van der Waals surface area (Å²) in [7, 11) is 0. The van der Waals surface area contributed by atoms with Gasteiger partial charge in [-0.15, -0.1) is 12.6 Å². The molecule has 2 rings (SSSR count). The number of carbonyl (C=O) groups is 1. The summed E-state index contributed by atoms with van der Waals surface area (Å²) >= 11 is 4.20. The molecule has 0 fully saturated rings. The predicted molar refractivity (Wildman–Crippen MR) is 63.5 cm³/mol. The van der Waals surface area contributed by atoms with Gasteiger partial charge < -0.3 is 4.90 Å². The van der Waals surface area contributed by atoms with E-state index < -0.39 is 12.1 Å². The third-order valence-corrected chi connectivity index (χ3v) is 3.23. The Bertz CT molecular complexity index is 473. The Hall–Kier alpha value is -1.17. The highest BCUT2D eigenvalue weighted by Gasteiger charge is 2.42. The van der Waals surface area contributed by atoms with Crippen LogP contribution in [-0.2, 0) is 17.8 Å². The zero-order valence-corrected chi connectivity index (χ0v) is 10.4. The molecule has 0 aromatic heterocycles. The van der Waals surface area contributed by atoms with E-state index in [1.165, 1.54) is 0 Å². The molecule has 18 heavy (non-hydrogen) atoms. The number of nitrogens with zero attached hydrogens (tertiary/aromatic N) is 1. The van der Waals surface area contributed by atoms with Crippen LogP contribution in [0.5, 0.6) is 0 Å². The predicted octanol–water partition coefficient (Wildman–Crippen LogP) is 2.81. The Morgan fingerprint density at radius 3 is 2.67 bits per heavy atom. The lowest BCUT2D eigenvalue weighted by Gasteiger charge is -2.22. The van der Waals surface area contributed by atoms with Crippen LogP contribution in [0.25, 0.3) is 0 Å². The minimum absolute atomic E-state index is 0.0156. The number of amides is 1. The lowest BCUT2D eigenvalue weighted by atomic mass is 10.0. The van der Waals surface area contributed by atoms with Gasteiger partial charge >= 0.3 is 12.1 Å². The fourth-order valence-electron chi connectivity index (χ4n) is 2.10. The molecule has 1 aromatic carbocycles. The van der Waals surface area contributed by atoms with Gasteiger partial charge in [-0.25, -0.2) is 0 Å². The van der Waals surface area contributed by atoms with Gasteiger partial charge in [0.1, 0.15) is 0 Å². The molecule has 1 amide bonds. The average Bonchev–Trinajstić information content (AvgIpc) is 2.48. The van der Waals surface area contributed by atoms with Crippen molar-refractivity contribution in [1.82, 2.24) is 4.90 Å². The lowest BCUT2D eigenvalue weighted by Crippen LogP contribution is -2.40. The van der Waals surface area contributed by atoms with Crippen molar-refractivity contribution in [2.75, 3.05) is 6.54 Å². The highest BCUT2D eigenvalue weighted by molar-refractivity contribution is 7.80. The quantitative estimate of drug-likeness (QED) is 0.722. The molecule has 98 valence electrons. The number of thiol groups is 1. The van der Waals surface area contributed by atoms with Crippen molar-refractivity contribution in [2.24, 2.45) is 0 Å². The number of hydrogen-bond acceptors (Lipinski definition) is 2. The summed E-state index contributed by atoms with van der Waals surface area (Å²) in [6.45, 7) is 0.149. The van der Waals surface area contributed by atoms with Gasteiger partial charge in [-0.1, -0.05) is 6.07 Å². The van der Waals surface area contributed by atoms with Crippen LogP contribution >= 0.6 is 12.6 Å². The summed E-state index contributed by atoms with van der Waals surface area (Å²) in [6, 6.07) is 5.31. The zero-order valence-electron chi connectivity index (χ0n) is 9.50. The lowest BCUT2D eigenvalue weighted by molar-refractivity contribution is -0.186. The molecular formula is C12H12F3NOS. The van der Waals surface area contributed by atoms with E-state index in [-0.39, 0.29) is 13.1 Å². The SMILES string of the molecule is O=C(N1CCCc2cc(S)ccc2C1)C(F)(F)F. The fourth-order valence-corrected chi connectivity index (χ4v) is 2.33. The van der Waals surface area contributed by atoms with Crippen molar-refractivity contribution in [3.05, 3.63) is 29.3 Å². The summed E-state index contributed by atoms with van der Waals surface area (Å²) in [6.07, 6.45) is -3.59. The summed E-state index contributed by atoms with van der Waals surface area (Å²) in [4.78, 5) is 12.9. The van der Waals surface area contributed by atoms with E-state index >= 15 is 0 Å². The Morgan fingerprint density at radius 2 is 2.00 bits per heavy atom. The number of fused-ring (bicyclic) bond motifs is 1. The largest absolute Gasteiger partial charge is 0.471 e. The van der Waals surface area contributed by atoms with E-state index in [1.807, 2.05) is 6.07 Å². The first-order chi connectivity index (χ1) is 8.38. The molecule has 0 radical (unpaired) electrons. The Morgan fingerprint density at radius 1 is 1.28 bits per heavy atom. The fraction of sp³-hybridized carbons (Fsp3) is 0.417. The van der Waals surface area contributed by atoms with Crippen LogP contribution in [0.2, 0.25) is 0 Å². The van der Waals surface area contributed by atoms with E-state index in [2.05, 4.69) is 12.6 Å². The molecule has 1 aliphatic rings. The third kappa shape index (κ3) is 2.80. The number of rotatable bonds is 0. The molecule has 0 unspecified atom stereocenters. The first-order valence-corrected chi connectivity index (χ1v) is 5.99. The Kier molecular flexibility index (Phi) is 3.56. The average molecular weight is 275 g/mol. The standard InChI is InChI=1S/C12H12F3NOS/c13-12(14,15)11(17)16-5-1-2-8-6-10(18)4-3-9(8)7-16/h3-4,6,18H,1-2,5,7H2. The maximum Gasteiger partial charge on any atom is 0.471 e. The number of aryl methyl sites for hydroxylation is 1. The molecule has 0 atom stereocenters. The van der Waals surface area contributed by atoms with Gasteiger partial charge in [0.05, 0.1) is 0 Å². The molecule has 0 saturated heterocycles. The zero-order chi connectivity index (χ0) is 13.3. The summed E-state index contributed by atoms with van der Waals surface area (Å²) < 4.78 is 37.2. The van der Waals surface area contributed by atoms with Gasteiger partial charge in [-0.05, 0) is 36.1 Å². The molecule has 1 heterocycles. The van der Waals surface area contributed by atoms with Gasteiger partial charge in [0.25, 0.3) is 0 Å². The normalized spacial score (nSPS) is 16.1. The van der Waals surface area contributed by atoms with Crippen molar-refractivity contribution >= 4 is 18.5 Å². The van der Waals surface area contributed by atoms with Crippen molar-refractivity contribution in [1.29, 1.82) is 0 Å². The van der Waals surface area contributed by atoms with Crippen LogP contribution < -0.4 is 0 Å². The second kappa shape index (κ2) is 4.84. The van der Waals surface area contributed by atoms with Crippen molar-refractivity contribution < 1.29 is 18.0 Å². The molecule has 0 aliphatic carbocycles. The van der Waals surface area contributed by atoms with E-state index in [9.17, 15) is 18.0 Å². The van der Waals surface area contributed by atoms with Crippen LogP contribution in [0.3, 0.4) is 0 Å². The van der Waals surface area contributed by atoms with Crippen LogP contribution in [0.4, 0.5) is 13.2 Å². The van der Waals surface area contributed by atoms with Crippen LogP contribution in [0.1, 0.15) is 17.5 Å². The Balaban J connectivity index is 2.24. The summed E-state index contributed by atoms with van der Waals surface area (Å²) in [5.41, 5.74) is 1.74. The van der Waals surface area contributed by atoms with Crippen LogP contribution in [0, 0.1) is 0 Å². The van der Waals surface area contributed by atoms with Gasteiger partial charge in [-0.3, -0.25) is 4.79 Å². The minimum atomic E-state index is -4.80. The maximum atomic E-state index is 12.4. The first kappa shape index (κ1) is 13.3. The minimum Gasteiger partial charge on any atom is -0.331 e. The first-order valence-electron chi connectivity index (χ1n) is 5.55. The molecular weight excluding hydrogens is 263 g/mol. The summed E-state index contributed by atoms with van der Waals surface area (Å²) in [5.74, 6) is -1.76. The molecule has 2 nitrogen and oxygen atoms in total. The molecule has 6 heteroatoms. The summed E-state index contributed by atoms with van der Waals surface area (Å²) in [5, 5.41) is 0. The smallest absolute Gasteiger partial charge is 0.331 e. The van der Waals surface area contributed by atoms with E-state index in [1.54, 1.807) is 12.1 Å². The number of hydrogen-bond donors (Lipinski definition) is 1. The highest BCUT2D eigenvalue weighted by Crippen LogP contribution is 2.25. The topological polar surface area (TPSA) is 20.3 Å². The molecule has 0 bridgehead atoms. The number of alkyl halides is 3. The van der Waals surface area contributed by atoms with E-state index in [4.69, 9.17) is 0 Å². The van der Waals surface area contributed by atoms with Crippen LogP contribution in [-0.4, -0.2) is 23.5 Å². The van der Waals surface area contributed by atoms with Gasteiger partial charge in [0.15, 0.2) is 0 Å². The van der Waals surface area contributed by atoms with Crippen LogP contribution in [0.15, 0.2) is 23.1 Å². The number of halogens is 3. The Labute approximate surface area is 108 Å². The van der Waals surface area contributed by atoms with Crippen molar-refractivity contribution in [3.8, 4) is 0 Å². The second-order valence-electron chi connectivity index (χ2n) is 4.28. The molecule has 0 spiro atoms. The molecule has 1 aliphatic heterocycles. The van der Waals surface area contributed by atoms with Crippen molar-refractivity contribution in [3.63, 3.8) is 0 Å². The molecule has 1 aromatic rings. The monoisotopic (exact) mass is 275 g/mol. The van der Waals surface area contributed by atoms with Gasteiger partial charge in [0, 0.05) is 18.0 Å². The highest BCUT2D eigenvalue weighted by atomic mass is 32.1. The maximum absolute atomic E-state index is 12.4. The second-order valence-corrected chi connectivity index (χ2v) is 4.80. The third-order valence-electron chi connectivity index (χ3n) is 2.95. The van der Waals surface area contributed by atoms with Gasteiger partial charge in [-0.2, -0.15) is 13.2 Å². The molecule has 0 saturated carbocycles.